The number of hydrogen-bond donors (Lipinski definition) is 1. The quantitative estimate of drug-likeness (QED) is 0.890. The third kappa shape index (κ3) is 3.24. The minimum absolute atomic E-state index is 0.356. The van der Waals surface area contributed by atoms with Crippen LogP contribution in [-0.2, 0) is 0 Å². The number of rotatable bonds is 4. The van der Waals surface area contributed by atoms with E-state index in [2.05, 4.69) is 17.0 Å². The maximum absolute atomic E-state index is 5.98. The Kier molecular flexibility index (Phi) is 5.02. The lowest BCUT2D eigenvalue weighted by atomic mass is 10.0. The van der Waals surface area contributed by atoms with Crippen molar-refractivity contribution in [3.8, 4) is 5.75 Å². The van der Waals surface area contributed by atoms with Gasteiger partial charge in [0, 0.05) is 12.6 Å². The number of hydrogen-bond acceptors (Lipinski definition) is 3. The number of nitrogens with zero attached hydrogens (tertiary/aromatic N) is 1. The highest BCUT2D eigenvalue weighted by Gasteiger charge is 2.19. The van der Waals surface area contributed by atoms with Gasteiger partial charge in [-0.1, -0.05) is 25.0 Å². The van der Waals surface area contributed by atoms with Crippen LogP contribution < -0.4 is 10.5 Å². The Bertz CT molecular complexity index is 342. The number of benzene rings is 1. The first-order valence-corrected chi connectivity index (χ1v) is 6.93. The van der Waals surface area contributed by atoms with Gasteiger partial charge in [0.2, 0.25) is 0 Å². The van der Waals surface area contributed by atoms with Crippen molar-refractivity contribution in [3.05, 3.63) is 29.8 Å². The van der Waals surface area contributed by atoms with Crippen LogP contribution in [0.2, 0.25) is 0 Å². The summed E-state index contributed by atoms with van der Waals surface area (Å²) in [6.07, 6.45) is 5.31. The van der Waals surface area contributed by atoms with E-state index >= 15 is 0 Å². The molecule has 0 bridgehead atoms. The summed E-state index contributed by atoms with van der Waals surface area (Å²) in [7, 11) is 1.70. The van der Waals surface area contributed by atoms with E-state index in [-0.39, 0.29) is 0 Å². The lowest BCUT2D eigenvalue weighted by Gasteiger charge is -2.30. The maximum Gasteiger partial charge on any atom is 0.118 e. The molecule has 0 radical (unpaired) electrons. The van der Waals surface area contributed by atoms with Gasteiger partial charge in [0.05, 0.1) is 7.11 Å². The van der Waals surface area contributed by atoms with Crippen molar-refractivity contribution in [2.24, 2.45) is 5.73 Å². The van der Waals surface area contributed by atoms with Gasteiger partial charge in [0.25, 0.3) is 0 Å². The average molecular weight is 248 g/mol. The van der Waals surface area contributed by atoms with Gasteiger partial charge in [0.15, 0.2) is 0 Å². The van der Waals surface area contributed by atoms with Gasteiger partial charge in [-0.05, 0) is 43.6 Å². The first kappa shape index (κ1) is 13.4. The van der Waals surface area contributed by atoms with E-state index in [1.54, 1.807) is 7.11 Å². The summed E-state index contributed by atoms with van der Waals surface area (Å²) in [5, 5.41) is 0. The maximum atomic E-state index is 5.98. The Morgan fingerprint density at radius 2 is 1.72 bits per heavy atom. The van der Waals surface area contributed by atoms with Crippen LogP contribution in [0, 0.1) is 0 Å². The molecular formula is C15H24N2O. The molecule has 3 nitrogen and oxygen atoms in total. The van der Waals surface area contributed by atoms with Gasteiger partial charge < -0.3 is 10.5 Å². The normalized spacial score (nSPS) is 19.2. The molecule has 0 saturated carbocycles. The van der Waals surface area contributed by atoms with Gasteiger partial charge in [0.1, 0.15) is 5.75 Å². The van der Waals surface area contributed by atoms with E-state index in [1.807, 2.05) is 12.1 Å². The molecule has 0 aliphatic carbocycles. The summed E-state index contributed by atoms with van der Waals surface area (Å²) < 4.78 is 5.20. The minimum Gasteiger partial charge on any atom is -0.497 e. The van der Waals surface area contributed by atoms with E-state index in [4.69, 9.17) is 10.5 Å². The summed E-state index contributed by atoms with van der Waals surface area (Å²) in [6, 6.07) is 8.68. The van der Waals surface area contributed by atoms with Crippen LogP contribution in [0.5, 0.6) is 5.75 Å². The Morgan fingerprint density at radius 1 is 1.11 bits per heavy atom. The fourth-order valence-electron chi connectivity index (χ4n) is 2.73. The molecule has 2 rings (SSSR count). The van der Waals surface area contributed by atoms with Crippen LogP contribution in [0.1, 0.15) is 37.3 Å². The fraction of sp³-hybridized carbons (Fsp3) is 0.600. The van der Waals surface area contributed by atoms with E-state index in [9.17, 15) is 0 Å². The second-order valence-electron chi connectivity index (χ2n) is 4.97. The smallest absolute Gasteiger partial charge is 0.118 e. The molecule has 0 unspecified atom stereocenters. The van der Waals surface area contributed by atoms with Crippen LogP contribution >= 0.6 is 0 Å². The largest absolute Gasteiger partial charge is 0.497 e. The minimum atomic E-state index is 0.356. The summed E-state index contributed by atoms with van der Waals surface area (Å²) >= 11 is 0. The van der Waals surface area contributed by atoms with Crippen molar-refractivity contribution in [2.75, 3.05) is 26.7 Å². The van der Waals surface area contributed by atoms with Crippen LogP contribution in [0.3, 0.4) is 0 Å². The van der Waals surface area contributed by atoms with E-state index < -0.39 is 0 Å². The molecule has 2 N–H and O–H groups in total. The Balaban J connectivity index is 2.10. The lowest BCUT2D eigenvalue weighted by molar-refractivity contribution is 0.209. The zero-order valence-electron chi connectivity index (χ0n) is 11.3. The standard InChI is InChI=1S/C15H24N2O/c1-18-14-8-6-13(7-9-14)15(12-16)17-10-4-2-3-5-11-17/h6-9,15H,2-5,10-12,16H2,1H3/t15-/m0/s1. The Hall–Kier alpha value is -1.06. The SMILES string of the molecule is COc1ccc([C@H](CN)N2CCCCCC2)cc1. The van der Waals surface area contributed by atoms with Crippen LogP contribution in [0.25, 0.3) is 0 Å². The predicted molar refractivity (Wildman–Crippen MR) is 74.8 cm³/mol. The molecule has 1 aliphatic rings. The molecule has 1 heterocycles. The summed E-state index contributed by atoms with van der Waals surface area (Å²) in [4.78, 5) is 2.54. The van der Waals surface area contributed by atoms with Gasteiger partial charge in [-0.25, -0.2) is 0 Å². The van der Waals surface area contributed by atoms with Crippen molar-refractivity contribution in [1.29, 1.82) is 0 Å². The number of ether oxygens (including phenoxy) is 1. The number of likely N-dealkylation sites (tertiary alicyclic amines) is 1. The second-order valence-corrected chi connectivity index (χ2v) is 4.97. The van der Waals surface area contributed by atoms with E-state index in [0.29, 0.717) is 12.6 Å². The first-order chi connectivity index (χ1) is 8.85. The molecule has 1 aliphatic heterocycles. The molecule has 18 heavy (non-hydrogen) atoms. The summed E-state index contributed by atoms with van der Waals surface area (Å²) in [6.45, 7) is 3.04. The van der Waals surface area contributed by atoms with Crippen molar-refractivity contribution in [3.63, 3.8) is 0 Å². The summed E-state index contributed by atoms with van der Waals surface area (Å²) in [5.74, 6) is 0.908. The number of nitrogens with two attached hydrogens (primary N) is 1. The third-order valence-electron chi connectivity index (χ3n) is 3.81. The van der Waals surface area contributed by atoms with Gasteiger partial charge in [-0.2, -0.15) is 0 Å². The van der Waals surface area contributed by atoms with E-state index in [0.717, 1.165) is 5.75 Å². The first-order valence-electron chi connectivity index (χ1n) is 6.93. The lowest BCUT2D eigenvalue weighted by Crippen LogP contribution is -2.34. The predicted octanol–water partition coefficient (Wildman–Crippen LogP) is 2.57. The fourth-order valence-corrected chi connectivity index (χ4v) is 2.73. The van der Waals surface area contributed by atoms with Crippen molar-refractivity contribution >= 4 is 0 Å². The molecule has 0 spiro atoms. The monoisotopic (exact) mass is 248 g/mol. The second kappa shape index (κ2) is 6.76. The van der Waals surface area contributed by atoms with Crippen LogP contribution in [-0.4, -0.2) is 31.6 Å². The van der Waals surface area contributed by atoms with Crippen LogP contribution in [0.4, 0.5) is 0 Å². The molecule has 1 fully saturated rings. The highest BCUT2D eigenvalue weighted by molar-refractivity contribution is 5.29. The highest BCUT2D eigenvalue weighted by atomic mass is 16.5. The molecule has 0 amide bonds. The van der Waals surface area contributed by atoms with Gasteiger partial charge >= 0.3 is 0 Å². The van der Waals surface area contributed by atoms with Crippen molar-refractivity contribution in [1.82, 2.24) is 4.90 Å². The molecule has 1 saturated heterocycles. The summed E-state index contributed by atoms with van der Waals surface area (Å²) in [5.41, 5.74) is 7.29. The van der Waals surface area contributed by atoms with Crippen LogP contribution in [0.15, 0.2) is 24.3 Å². The third-order valence-corrected chi connectivity index (χ3v) is 3.81. The topological polar surface area (TPSA) is 38.5 Å². The molecule has 3 heteroatoms. The number of methoxy groups -OCH3 is 1. The molecule has 1 aromatic rings. The Morgan fingerprint density at radius 3 is 2.22 bits per heavy atom. The Labute approximate surface area is 110 Å². The average Bonchev–Trinajstić information content (AvgIpc) is 2.70. The van der Waals surface area contributed by atoms with Crippen molar-refractivity contribution in [2.45, 2.75) is 31.7 Å². The molecule has 100 valence electrons. The van der Waals surface area contributed by atoms with Crippen molar-refractivity contribution < 1.29 is 4.74 Å². The zero-order chi connectivity index (χ0) is 12.8. The molecule has 1 atom stereocenters. The molecule has 1 aromatic carbocycles. The van der Waals surface area contributed by atoms with Gasteiger partial charge in [-0.15, -0.1) is 0 Å². The van der Waals surface area contributed by atoms with E-state index in [1.165, 1.54) is 44.3 Å². The highest BCUT2D eigenvalue weighted by Crippen LogP contribution is 2.24. The molecule has 0 aromatic heterocycles. The zero-order valence-corrected chi connectivity index (χ0v) is 11.3. The molecular weight excluding hydrogens is 224 g/mol. The van der Waals surface area contributed by atoms with Gasteiger partial charge in [-0.3, -0.25) is 4.90 Å².